The lowest BCUT2D eigenvalue weighted by Crippen LogP contribution is -2.47. The molecule has 2 saturated heterocycles. The van der Waals surface area contributed by atoms with E-state index in [4.69, 9.17) is 4.74 Å². The molecule has 0 radical (unpaired) electrons. The van der Waals surface area contributed by atoms with Gasteiger partial charge in [0.15, 0.2) is 11.6 Å². The molecule has 1 unspecified atom stereocenters. The Labute approximate surface area is 204 Å². The highest BCUT2D eigenvalue weighted by atomic mass is 19.2. The summed E-state index contributed by atoms with van der Waals surface area (Å²) in [7, 11) is 0. The van der Waals surface area contributed by atoms with E-state index in [-0.39, 0.29) is 12.1 Å². The molecule has 1 aromatic heterocycles. The van der Waals surface area contributed by atoms with Gasteiger partial charge in [0, 0.05) is 51.0 Å². The van der Waals surface area contributed by atoms with Crippen LogP contribution in [0.3, 0.4) is 0 Å². The second-order valence-corrected chi connectivity index (χ2v) is 9.56. The van der Waals surface area contributed by atoms with Crippen LogP contribution in [0.2, 0.25) is 0 Å². The number of carbonyl (C=O) groups excluding carboxylic acids is 1. The molecule has 2 fully saturated rings. The molecule has 1 N–H and O–H groups in total. The number of hydrogen-bond donors (Lipinski definition) is 1. The number of nitrogens with one attached hydrogen (secondary N) is 1. The van der Waals surface area contributed by atoms with Gasteiger partial charge in [-0.1, -0.05) is 12.1 Å². The number of aromatic nitrogens is 1. The van der Waals surface area contributed by atoms with Crippen molar-refractivity contribution in [3.8, 4) is 0 Å². The smallest absolute Gasteiger partial charge is 0.410 e. The highest BCUT2D eigenvalue weighted by molar-refractivity contribution is 5.80. The van der Waals surface area contributed by atoms with Gasteiger partial charge in [-0.15, -0.1) is 0 Å². The Bertz CT molecular complexity index is 1160. The van der Waals surface area contributed by atoms with Gasteiger partial charge in [0.05, 0.1) is 6.04 Å². The van der Waals surface area contributed by atoms with E-state index in [1.165, 1.54) is 23.1 Å². The molecule has 3 aromatic rings. The van der Waals surface area contributed by atoms with Crippen LogP contribution in [-0.2, 0) is 17.6 Å². The molecule has 2 aliphatic heterocycles. The van der Waals surface area contributed by atoms with E-state index < -0.39 is 11.6 Å². The number of H-pyrrole nitrogens is 1. The van der Waals surface area contributed by atoms with Crippen molar-refractivity contribution in [1.29, 1.82) is 0 Å². The number of ether oxygens (including phenoxy) is 1. The van der Waals surface area contributed by atoms with Crippen molar-refractivity contribution < 1.29 is 18.3 Å². The lowest BCUT2D eigenvalue weighted by Gasteiger charge is -2.35. The second kappa shape index (κ2) is 10.7. The molecule has 2 aliphatic rings. The summed E-state index contributed by atoms with van der Waals surface area (Å²) in [6.07, 6.45) is 4.16. The lowest BCUT2D eigenvalue weighted by molar-refractivity contribution is 0.126. The van der Waals surface area contributed by atoms with E-state index in [1.54, 1.807) is 6.07 Å². The van der Waals surface area contributed by atoms with Crippen LogP contribution >= 0.6 is 0 Å². The third kappa shape index (κ3) is 5.82. The number of benzene rings is 2. The van der Waals surface area contributed by atoms with Gasteiger partial charge in [0.1, 0.15) is 6.61 Å². The zero-order valence-corrected chi connectivity index (χ0v) is 19.9. The van der Waals surface area contributed by atoms with E-state index in [2.05, 4.69) is 39.0 Å². The molecule has 8 heteroatoms. The lowest BCUT2D eigenvalue weighted by atomic mass is 10.0. The third-order valence-corrected chi connectivity index (χ3v) is 7.20. The standard InChI is InChI=1S/C27H32F2N4O2/c28-24-4-2-20(18-25(24)29)7-11-32-14-12-31(13-15-32)9-1-10-33-23(19-35-27(33)34)17-21-3-5-26-22(16-21)6-8-30-26/h2-6,8,16,18,23,30H,1,7,9-15,17,19H2. The van der Waals surface area contributed by atoms with E-state index >= 15 is 0 Å². The third-order valence-electron chi connectivity index (χ3n) is 7.20. The van der Waals surface area contributed by atoms with Crippen LogP contribution in [-0.4, -0.2) is 84.2 Å². The van der Waals surface area contributed by atoms with E-state index in [1.807, 2.05) is 11.1 Å². The highest BCUT2D eigenvalue weighted by Gasteiger charge is 2.32. The number of rotatable bonds is 9. The first-order valence-electron chi connectivity index (χ1n) is 12.4. The Morgan fingerprint density at radius 2 is 1.66 bits per heavy atom. The van der Waals surface area contributed by atoms with Crippen LogP contribution < -0.4 is 0 Å². The maximum absolute atomic E-state index is 13.4. The Hall–Kier alpha value is -2.97. The first-order chi connectivity index (χ1) is 17.0. The average Bonchev–Trinajstić information content (AvgIpc) is 3.47. The minimum atomic E-state index is -0.797. The summed E-state index contributed by atoms with van der Waals surface area (Å²) in [5.41, 5.74) is 3.16. The van der Waals surface area contributed by atoms with E-state index in [0.29, 0.717) is 19.6 Å². The van der Waals surface area contributed by atoms with Crippen LogP contribution in [0, 0.1) is 11.6 Å². The fraction of sp³-hybridized carbons (Fsp3) is 0.444. The van der Waals surface area contributed by atoms with Crippen molar-refractivity contribution in [3.63, 3.8) is 0 Å². The SMILES string of the molecule is O=C1OCC(Cc2ccc3[nH]ccc3c2)N1CCCN1CCN(CCc2ccc(F)c(F)c2)CC1. The molecule has 0 aliphatic carbocycles. The average molecular weight is 483 g/mol. The van der Waals surface area contributed by atoms with E-state index in [9.17, 15) is 13.6 Å². The van der Waals surface area contributed by atoms with Crippen LogP contribution in [0.5, 0.6) is 0 Å². The number of amides is 1. The first kappa shape index (κ1) is 23.8. The largest absolute Gasteiger partial charge is 0.447 e. The summed E-state index contributed by atoms with van der Waals surface area (Å²) < 4.78 is 31.9. The van der Waals surface area contributed by atoms with Crippen LogP contribution in [0.25, 0.3) is 10.9 Å². The number of aromatic amines is 1. The van der Waals surface area contributed by atoms with E-state index in [0.717, 1.165) is 63.2 Å². The predicted octanol–water partition coefficient (Wildman–Crippen LogP) is 4.06. The van der Waals surface area contributed by atoms with Crippen LogP contribution in [0.15, 0.2) is 48.7 Å². The number of fused-ring (bicyclic) bond motifs is 1. The quantitative estimate of drug-likeness (QED) is 0.500. The maximum Gasteiger partial charge on any atom is 0.410 e. The number of carbonyl (C=O) groups is 1. The Balaban J connectivity index is 1.04. The van der Waals surface area contributed by atoms with Crippen molar-refractivity contribution >= 4 is 17.0 Å². The molecular weight excluding hydrogens is 450 g/mol. The number of cyclic esters (lactones) is 1. The minimum absolute atomic E-state index is 0.0760. The van der Waals surface area contributed by atoms with Crippen LogP contribution in [0.1, 0.15) is 17.5 Å². The molecule has 1 amide bonds. The van der Waals surface area contributed by atoms with Crippen molar-refractivity contribution in [2.24, 2.45) is 0 Å². The normalized spacial score (nSPS) is 19.5. The summed E-state index contributed by atoms with van der Waals surface area (Å²) in [6.45, 7) is 6.80. The first-order valence-corrected chi connectivity index (χ1v) is 12.4. The number of hydrogen-bond acceptors (Lipinski definition) is 4. The Kier molecular flexibility index (Phi) is 7.29. The summed E-state index contributed by atoms with van der Waals surface area (Å²) in [5.74, 6) is -1.58. The fourth-order valence-corrected chi connectivity index (χ4v) is 5.12. The van der Waals surface area contributed by atoms with Gasteiger partial charge in [0.25, 0.3) is 0 Å². The number of nitrogens with zero attached hydrogens (tertiary/aromatic N) is 3. The van der Waals surface area contributed by atoms with Crippen molar-refractivity contribution in [2.75, 3.05) is 52.4 Å². The molecule has 186 valence electrons. The summed E-state index contributed by atoms with van der Waals surface area (Å²) >= 11 is 0. The molecule has 0 bridgehead atoms. The van der Waals surface area contributed by atoms with Gasteiger partial charge in [-0.25, -0.2) is 13.6 Å². The topological polar surface area (TPSA) is 51.8 Å². The molecule has 2 aromatic carbocycles. The van der Waals surface area contributed by atoms with Gasteiger partial charge in [-0.05, 0) is 72.7 Å². The molecule has 0 saturated carbocycles. The van der Waals surface area contributed by atoms with Crippen molar-refractivity contribution in [2.45, 2.75) is 25.3 Å². The van der Waals surface area contributed by atoms with Gasteiger partial charge >= 0.3 is 6.09 Å². The summed E-state index contributed by atoms with van der Waals surface area (Å²) in [6, 6.07) is 12.7. The predicted molar refractivity (Wildman–Crippen MR) is 131 cm³/mol. The molecule has 3 heterocycles. The number of halogens is 2. The molecule has 5 rings (SSSR count). The Morgan fingerprint density at radius 1 is 0.886 bits per heavy atom. The van der Waals surface area contributed by atoms with Crippen molar-refractivity contribution in [3.05, 3.63) is 71.4 Å². The highest BCUT2D eigenvalue weighted by Crippen LogP contribution is 2.21. The summed E-state index contributed by atoms with van der Waals surface area (Å²) in [4.78, 5) is 22.2. The minimum Gasteiger partial charge on any atom is -0.447 e. The zero-order chi connectivity index (χ0) is 24.2. The fourth-order valence-electron chi connectivity index (χ4n) is 5.12. The van der Waals surface area contributed by atoms with Crippen LogP contribution in [0.4, 0.5) is 13.6 Å². The zero-order valence-electron chi connectivity index (χ0n) is 19.9. The van der Waals surface area contributed by atoms with Crippen molar-refractivity contribution in [1.82, 2.24) is 19.7 Å². The molecule has 0 spiro atoms. The van der Waals surface area contributed by atoms with Gasteiger partial charge in [0.2, 0.25) is 0 Å². The maximum atomic E-state index is 13.4. The summed E-state index contributed by atoms with van der Waals surface area (Å²) in [5, 5.41) is 1.18. The molecule has 35 heavy (non-hydrogen) atoms. The Morgan fingerprint density at radius 3 is 2.46 bits per heavy atom. The molecular formula is C27H32F2N4O2. The molecule has 6 nitrogen and oxygen atoms in total. The number of piperazine rings is 1. The monoisotopic (exact) mass is 482 g/mol. The second-order valence-electron chi connectivity index (χ2n) is 9.56. The van der Waals surface area contributed by atoms with Gasteiger partial charge < -0.3 is 24.4 Å². The van der Waals surface area contributed by atoms with Gasteiger partial charge in [-0.3, -0.25) is 0 Å². The molecule has 1 atom stereocenters. The van der Waals surface area contributed by atoms with Gasteiger partial charge in [-0.2, -0.15) is 0 Å².